The fourth-order valence-electron chi connectivity index (χ4n) is 2.72. The Morgan fingerprint density at radius 2 is 2.10 bits per heavy atom. The molecule has 0 unspecified atom stereocenters. The summed E-state index contributed by atoms with van der Waals surface area (Å²) in [5.41, 5.74) is 9.83. The summed E-state index contributed by atoms with van der Waals surface area (Å²) in [6.07, 6.45) is 2.67. The molecule has 0 radical (unpaired) electrons. The van der Waals surface area contributed by atoms with Crippen molar-refractivity contribution in [1.82, 2.24) is 9.88 Å². The van der Waals surface area contributed by atoms with Crippen LogP contribution < -0.4 is 5.73 Å². The van der Waals surface area contributed by atoms with Gasteiger partial charge in [0.15, 0.2) is 0 Å². The van der Waals surface area contributed by atoms with Crippen molar-refractivity contribution in [3.8, 4) is 6.07 Å². The number of anilines is 1. The van der Waals surface area contributed by atoms with E-state index >= 15 is 0 Å². The monoisotopic (exact) mass is 264 g/mol. The van der Waals surface area contributed by atoms with Crippen molar-refractivity contribution in [1.29, 1.82) is 5.26 Å². The molecule has 0 saturated carbocycles. The molecular formula is C16H16N4. The van der Waals surface area contributed by atoms with Crippen molar-refractivity contribution < 1.29 is 0 Å². The van der Waals surface area contributed by atoms with Gasteiger partial charge in [0.1, 0.15) is 11.9 Å². The number of fused-ring (bicyclic) bond motifs is 1. The van der Waals surface area contributed by atoms with Crippen LogP contribution in [0.25, 0.3) is 0 Å². The summed E-state index contributed by atoms with van der Waals surface area (Å²) in [7, 11) is 0. The lowest BCUT2D eigenvalue weighted by Gasteiger charge is -2.29. The van der Waals surface area contributed by atoms with E-state index in [1.165, 1.54) is 5.56 Å². The van der Waals surface area contributed by atoms with Crippen LogP contribution >= 0.6 is 0 Å². The van der Waals surface area contributed by atoms with E-state index < -0.39 is 0 Å². The smallest absolute Gasteiger partial charge is 0.141 e. The average Bonchev–Trinajstić information content (AvgIpc) is 2.48. The van der Waals surface area contributed by atoms with E-state index in [9.17, 15) is 5.26 Å². The normalized spacial score (nSPS) is 14.6. The Labute approximate surface area is 118 Å². The third-order valence-electron chi connectivity index (χ3n) is 3.74. The molecule has 1 aliphatic rings. The fourth-order valence-corrected chi connectivity index (χ4v) is 2.72. The van der Waals surface area contributed by atoms with Crippen LogP contribution in [0.1, 0.15) is 22.3 Å². The summed E-state index contributed by atoms with van der Waals surface area (Å²) in [6, 6.07) is 12.6. The first kappa shape index (κ1) is 12.6. The highest BCUT2D eigenvalue weighted by atomic mass is 15.1. The Morgan fingerprint density at radius 1 is 1.30 bits per heavy atom. The third-order valence-corrected chi connectivity index (χ3v) is 3.74. The molecule has 20 heavy (non-hydrogen) atoms. The number of nitrogens with zero attached hydrogens (tertiary/aromatic N) is 3. The molecule has 1 aromatic heterocycles. The van der Waals surface area contributed by atoms with Crippen LogP contribution in [0.15, 0.2) is 36.5 Å². The highest BCUT2D eigenvalue weighted by Gasteiger charge is 2.21. The number of benzene rings is 1. The van der Waals surface area contributed by atoms with Gasteiger partial charge in [-0.2, -0.15) is 5.26 Å². The minimum atomic E-state index is 0.350. The highest BCUT2D eigenvalue weighted by Crippen LogP contribution is 2.25. The SMILES string of the molecule is N#Cc1c(N)ncc2c1CCN(Cc1ccccc1)C2. The quantitative estimate of drug-likeness (QED) is 0.902. The van der Waals surface area contributed by atoms with E-state index in [0.29, 0.717) is 11.4 Å². The first-order chi connectivity index (χ1) is 9.78. The molecule has 1 aliphatic heterocycles. The third kappa shape index (κ3) is 2.36. The number of hydrogen-bond donors (Lipinski definition) is 1. The molecule has 2 N–H and O–H groups in total. The van der Waals surface area contributed by atoms with Gasteiger partial charge in [-0.3, -0.25) is 4.90 Å². The van der Waals surface area contributed by atoms with Gasteiger partial charge in [0, 0.05) is 25.8 Å². The molecular weight excluding hydrogens is 248 g/mol. The second-order valence-electron chi connectivity index (χ2n) is 5.08. The zero-order chi connectivity index (χ0) is 13.9. The first-order valence-corrected chi connectivity index (χ1v) is 6.70. The van der Waals surface area contributed by atoms with Crippen LogP contribution in [0.2, 0.25) is 0 Å². The average molecular weight is 264 g/mol. The van der Waals surface area contributed by atoms with E-state index in [4.69, 9.17) is 5.73 Å². The molecule has 100 valence electrons. The predicted octanol–water partition coefficient (Wildman–Crippen LogP) is 2.09. The van der Waals surface area contributed by atoms with E-state index in [0.717, 1.165) is 37.2 Å². The zero-order valence-corrected chi connectivity index (χ0v) is 11.2. The number of pyridine rings is 1. The van der Waals surface area contributed by atoms with E-state index in [-0.39, 0.29) is 0 Å². The molecule has 0 atom stereocenters. The van der Waals surface area contributed by atoms with Gasteiger partial charge in [-0.05, 0) is 23.1 Å². The van der Waals surface area contributed by atoms with Crippen molar-refractivity contribution in [2.75, 3.05) is 12.3 Å². The van der Waals surface area contributed by atoms with Crippen molar-refractivity contribution in [3.05, 3.63) is 58.8 Å². The summed E-state index contributed by atoms with van der Waals surface area (Å²) in [4.78, 5) is 6.51. The first-order valence-electron chi connectivity index (χ1n) is 6.70. The predicted molar refractivity (Wildman–Crippen MR) is 77.6 cm³/mol. The lowest BCUT2D eigenvalue weighted by Crippen LogP contribution is -2.31. The molecule has 0 saturated heterocycles. The fraction of sp³-hybridized carbons (Fsp3) is 0.250. The molecule has 4 heteroatoms. The van der Waals surface area contributed by atoms with Gasteiger partial charge in [0.2, 0.25) is 0 Å². The molecule has 0 amide bonds. The molecule has 4 nitrogen and oxygen atoms in total. The Balaban J connectivity index is 1.81. The molecule has 2 heterocycles. The topological polar surface area (TPSA) is 65.9 Å². The number of nitriles is 1. The number of rotatable bonds is 2. The molecule has 0 bridgehead atoms. The lowest BCUT2D eigenvalue weighted by atomic mass is 9.96. The van der Waals surface area contributed by atoms with Gasteiger partial charge in [-0.15, -0.1) is 0 Å². The van der Waals surface area contributed by atoms with Gasteiger partial charge in [-0.1, -0.05) is 30.3 Å². The molecule has 3 rings (SSSR count). The van der Waals surface area contributed by atoms with Crippen molar-refractivity contribution in [3.63, 3.8) is 0 Å². The summed E-state index contributed by atoms with van der Waals surface area (Å²) in [5.74, 6) is 0.350. The maximum atomic E-state index is 9.19. The standard InChI is InChI=1S/C16H16N4/c17-8-15-14-6-7-20(10-12-4-2-1-3-5-12)11-13(14)9-19-16(15)18/h1-5,9H,6-7,10-11H2,(H2,18,19). The van der Waals surface area contributed by atoms with Gasteiger partial charge >= 0.3 is 0 Å². The number of nitrogen functional groups attached to an aromatic ring is 1. The highest BCUT2D eigenvalue weighted by molar-refractivity contribution is 5.55. The Kier molecular flexibility index (Phi) is 3.36. The second-order valence-corrected chi connectivity index (χ2v) is 5.08. The van der Waals surface area contributed by atoms with Crippen LogP contribution in [-0.2, 0) is 19.5 Å². The van der Waals surface area contributed by atoms with E-state index in [2.05, 4.69) is 40.2 Å². The Morgan fingerprint density at radius 3 is 2.85 bits per heavy atom. The molecule has 0 fully saturated rings. The molecule has 0 aliphatic carbocycles. The van der Waals surface area contributed by atoms with Gasteiger partial charge < -0.3 is 5.73 Å². The minimum absolute atomic E-state index is 0.350. The van der Waals surface area contributed by atoms with Crippen LogP contribution in [-0.4, -0.2) is 16.4 Å². The Bertz CT molecular complexity index is 658. The maximum Gasteiger partial charge on any atom is 0.141 e. The molecule has 1 aromatic carbocycles. The zero-order valence-electron chi connectivity index (χ0n) is 11.2. The Hall–Kier alpha value is -2.38. The summed E-state index contributed by atoms with van der Waals surface area (Å²) in [6.45, 7) is 2.69. The summed E-state index contributed by atoms with van der Waals surface area (Å²) >= 11 is 0. The number of nitrogens with two attached hydrogens (primary N) is 1. The van der Waals surface area contributed by atoms with Gasteiger partial charge in [0.05, 0.1) is 5.56 Å². The van der Waals surface area contributed by atoms with Gasteiger partial charge in [0.25, 0.3) is 0 Å². The summed E-state index contributed by atoms with van der Waals surface area (Å²) in [5, 5.41) is 9.19. The molecule has 2 aromatic rings. The minimum Gasteiger partial charge on any atom is -0.383 e. The van der Waals surface area contributed by atoms with Crippen molar-refractivity contribution in [2.45, 2.75) is 19.5 Å². The van der Waals surface area contributed by atoms with E-state index in [1.54, 1.807) is 0 Å². The number of aromatic nitrogens is 1. The van der Waals surface area contributed by atoms with Gasteiger partial charge in [-0.25, -0.2) is 4.98 Å². The summed E-state index contributed by atoms with van der Waals surface area (Å²) < 4.78 is 0. The number of hydrogen-bond acceptors (Lipinski definition) is 4. The van der Waals surface area contributed by atoms with E-state index in [1.807, 2.05) is 12.3 Å². The maximum absolute atomic E-state index is 9.19. The van der Waals surface area contributed by atoms with Crippen LogP contribution in [0.4, 0.5) is 5.82 Å². The molecule has 0 spiro atoms. The largest absolute Gasteiger partial charge is 0.383 e. The van der Waals surface area contributed by atoms with Crippen LogP contribution in [0.3, 0.4) is 0 Å². The van der Waals surface area contributed by atoms with Crippen molar-refractivity contribution in [2.24, 2.45) is 0 Å². The van der Waals surface area contributed by atoms with Crippen LogP contribution in [0.5, 0.6) is 0 Å². The van der Waals surface area contributed by atoms with Crippen molar-refractivity contribution >= 4 is 5.82 Å². The lowest BCUT2D eigenvalue weighted by molar-refractivity contribution is 0.245. The second kappa shape index (κ2) is 5.32. The van der Waals surface area contributed by atoms with Crippen LogP contribution in [0, 0.1) is 11.3 Å².